The molecule has 1 rings (SSSR count). The van der Waals surface area contributed by atoms with Gasteiger partial charge in [0.2, 0.25) is 0 Å². The van der Waals surface area contributed by atoms with Crippen molar-refractivity contribution in [1.82, 2.24) is 0 Å². The zero-order valence-corrected chi connectivity index (χ0v) is 8.00. The number of ether oxygens (including phenoxy) is 1. The van der Waals surface area contributed by atoms with Crippen molar-refractivity contribution in [2.45, 2.75) is 31.0 Å². The van der Waals surface area contributed by atoms with Gasteiger partial charge in [0.15, 0.2) is 0 Å². The highest BCUT2D eigenvalue weighted by molar-refractivity contribution is 6.42. The second-order valence-corrected chi connectivity index (χ2v) is 4.91. The van der Waals surface area contributed by atoms with Crippen LogP contribution in [0.1, 0.15) is 19.3 Å². The lowest BCUT2D eigenvalue weighted by molar-refractivity contribution is -0.134. The van der Waals surface area contributed by atoms with Gasteiger partial charge < -0.3 is 9.84 Å². The van der Waals surface area contributed by atoms with E-state index in [2.05, 4.69) is 0 Å². The summed E-state index contributed by atoms with van der Waals surface area (Å²) >= 11 is 0. The predicted molar refractivity (Wildman–Crippen MR) is 44.6 cm³/mol. The van der Waals surface area contributed by atoms with Crippen LogP contribution in [0.15, 0.2) is 0 Å². The van der Waals surface area contributed by atoms with E-state index in [-0.39, 0.29) is 0 Å². The highest BCUT2D eigenvalue weighted by Crippen LogP contribution is 2.12. The Morgan fingerprint density at radius 3 is 3.00 bits per heavy atom. The Morgan fingerprint density at radius 1 is 1.64 bits per heavy atom. The van der Waals surface area contributed by atoms with Crippen LogP contribution in [0.5, 0.6) is 0 Å². The number of carboxylic acids is 1. The second-order valence-electron chi connectivity index (χ2n) is 2.92. The van der Waals surface area contributed by atoms with E-state index in [4.69, 9.17) is 9.84 Å². The molecule has 4 heteroatoms. The molecule has 0 aromatic heterocycles. The molecule has 0 radical (unpaired) electrons. The maximum absolute atomic E-state index is 10.2. The van der Waals surface area contributed by atoms with Gasteiger partial charge in [0.25, 0.3) is 5.97 Å². The van der Waals surface area contributed by atoms with Gasteiger partial charge >= 0.3 is 0 Å². The van der Waals surface area contributed by atoms with E-state index in [1.165, 1.54) is 6.42 Å². The molecule has 0 amide bonds. The highest BCUT2D eigenvalue weighted by atomic mass is 28.2. The Labute approximate surface area is 68.6 Å². The summed E-state index contributed by atoms with van der Waals surface area (Å²) in [5, 5.41) is 8.42. The van der Waals surface area contributed by atoms with E-state index in [1.807, 2.05) is 0 Å². The summed E-state index contributed by atoms with van der Waals surface area (Å²) in [6.07, 6.45) is 3.47. The zero-order valence-electron chi connectivity index (χ0n) is 6.58. The molecular weight excluding hydrogens is 160 g/mol. The number of aliphatic carboxylic acids is 1. The van der Waals surface area contributed by atoms with Crippen LogP contribution in [-0.4, -0.2) is 32.9 Å². The molecule has 1 heterocycles. The fourth-order valence-corrected chi connectivity index (χ4v) is 2.80. The van der Waals surface area contributed by atoms with Crippen LogP contribution in [0.3, 0.4) is 0 Å². The summed E-state index contributed by atoms with van der Waals surface area (Å²) in [6, 6.07) is 0.380. The van der Waals surface area contributed by atoms with Crippen molar-refractivity contribution in [2.75, 3.05) is 6.61 Å². The number of rotatable bonds is 3. The average Bonchev–Trinajstić information content (AvgIpc) is 2.03. The van der Waals surface area contributed by atoms with E-state index in [1.54, 1.807) is 0 Å². The highest BCUT2D eigenvalue weighted by Gasteiger charge is 2.14. The maximum Gasteiger partial charge on any atom is 0.300 e. The van der Waals surface area contributed by atoms with Gasteiger partial charge in [-0.15, -0.1) is 0 Å². The quantitative estimate of drug-likeness (QED) is 0.621. The third-order valence-electron chi connectivity index (χ3n) is 1.95. The minimum atomic E-state index is -0.661. The van der Waals surface area contributed by atoms with Crippen molar-refractivity contribution in [1.29, 1.82) is 0 Å². The predicted octanol–water partition coefficient (Wildman–Crippen LogP) is 0.185. The van der Waals surface area contributed by atoms with Crippen molar-refractivity contribution in [3.63, 3.8) is 0 Å². The van der Waals surface area contributed by atoms with Crippen LogP contribution in [0.4, 0.5) is 0 Å². The molecule has 3 nitrogen and oxygen atoms in total. The monoisotopic (exact) mass is 174 g/mol. The van der Waals surface area contributed by atoms with Gasteiger partial charge in [-0.25, -0.2) is 0 Å². The van der Waals surface area contributed by atoms with Gasteiger partial charge in [-0.2, -0.15) is 0 Å². The first-order valence-corrected chi connectivity index (χ1v) is 5.94. The third-order valence-corrected chi connectivity index (χ3v) is 3.96. The van der Waals surface area contributed by atoms with Crippen LogP contribution in [0.2, 0.25) is 6.04 Å². The summed E-state index contributed by atoms with van der Waals surface area (Å²) in [6.45, 7) is 0.845. The lowest BCUT2D eigenvalue weighted by Crippen LogP contribution is -2.26. The molecule has 0 aliphatic carbocycles. The number of hydrogen-bond donors (Lipinski definition) is 1. The fraction of sp³-hybridized carbons (Fsp3) is 0.857. The summed E-state index contributed by atoms with van der Waals surface area (Å²) in [4.78, 5) is 10.2. The van der Waals surface area contributed by atoms with Gasteiger partial charge in [-0.05, 0) is 19.3 Å². The first kappa shape index (κ1) is 8.74. The van der Waals surface area contributed by atoms with Gasteiger partial charge in [0.1, 0.15) is 0 Å². The Hall–Kier alpha value is -0.353. The summed E-state index contributed by atoms with van der Waals surface area (Å²) in [5.74, 6) is -0.661. The van der Waals surface area contributed by atoms with E-state index in [0.29, 0.717) is 11.8 Å². The minimum absolute atomic E-state index is 0.347. The fourth-order valence-electron chi connectivity index (χ4n) is 1.32. The topological polar surface area (TPSA) is 46.5 Å². The van der Waals surface area contributed by atoms with E-state index >= 15 is 0 Å². The largest absolute Gasteiger partial charge is 0.481 e. The van der Waals surface area contributed by atoms with Crippen LogP contribution in [0, 0.1) is 0 Å². The molecule has 0 bridgehead atoms. The van der Waals surface area contributed by atoms with Gasteiger partial charge in [0, 0.05) is 18.4 Å². The molecule has 1 aliphatic rings. The van der Waals surface area contributed by atoms with Crippen molar-refractivity contribution in [3.05, 3.63) is 0 Å². The lowest BCUT2D eigenvalue weighted by atomic mass is 10.2. The van der Waals surface area contributed by atoms with E-state index in [9.17, 15) is 4.79 Å². The van der Waals surface area contributed by atoms with Gasteiger partial charge in [-0.1, -0.05) is 0 Å². The van der Waals surface area contributed by atoms with Gasteiger partial charge in [0.05, 0.1) is 9.52 Å². The molecule has 1 unspecified atom stereocenters. The van der Waals surface area contributed by atoms with Crippen LogP contribution in [-0.2, 0) is 9.53 Å². The Morgan fingerprint density at radius 2 is 2.45 bits per heavy atom. The Balaban J connectivity index is 2.09. The average molecular weight is 174 g/mol. The molecule has 64 valence electrons. The minimum Gasteiger partial charge on any atom is -0.481 e. The zero-order chi connectivity index (χ0) is 8.10. The molecule has 1 N–H and O–H groups in total. The molecule has 1 fully saturated rings. The molecule has 1 aliphatic heterocycles. The Bertz CT molecular complexity index is 132. The molecule has 11 heavy (non-hydrogen) atoms. The first-order chi connectivity index (χ1) is 5.29. The number of hydrogen-bond acceptors (Lipinski definition) is 2. The maximum atomic E-state index is 10.2. The van der Waals surface area contributed by atoms with Crippen molar-refractivity contribution in [2.24, 2.45) is 0 Å². The van der Waals surface area contributed by atoms with E-state index < -0.39 is 15.5 Å². The van der Waals surface area contributed by atoms with Crippen LogP contribution >= 0.6 is 0 Å². The molecule has 0 spiro atoms. The van der Waals surface area contributed by atoms with Crippen molar-refractivity contribution in [3.8, 4) is 0 Å². The molecule has 0 aromatic carbocycles. The number of carboxylic acid groups (broad SMARTS) is 1. The normalized spacial score (nSPS) is 26.0. The number of carbonyl (C=O) groups is 1. The van der Waals surface area contributed by atoms with Crippen LogP contribution in [0.25, 0.3) is 0 Å². The van der Waals surface area contributed by atoms with Gasteiger partial charge in [-0.3, -0.25) is 4.79 Å². The standard InChI is InChI=1S/C7H14O3Si/c8-6(9)5-11-7-3-1-2-4-10-7/h7H,1-5,11H2,(H,8,9). The molecule has 1 atom stereocenters. The first-order valence-electron chi connectivity index (χ1n) is 4.12. The molecular formula is C7H14O3Si. The molecule has 0 aromatic rings. The Kier molecular flexibility index (Phi) is 3.58. The van der Waals surface area contributed by atoms with Crippen molar-refractivity contribution < 1.29 is 14.6 Å². The van der Waals surface area contributed by atoms with E-state index in [0.717, 1.165) is 19.4 Å². The molecule has 1 saturated heterocycles. The van der Waals surface area contributed by atoms with Crippen LogP contribution < -0.4 is 0 Å². The summed E-state index contributed by atoms with van der Waals surface area (Å²) in [7, 11) is -0.504. The summed E-state index contributed by atoms with van der Waals surface area (Å²) < 4.78 is 5.43. The SMILES string of the molecule is O=C(O)C[SiH2]C1CCCCO1. The van der Waals surface area contributed by atoms with Crippen molar-refractivity contribution >= 4 is 15.5 Å². The third kappa shape index (κ3) is 3.53. The summed E-state index contributed by atoms with van der Waals surface area (Å²) in [5.41, 5.74) is 0.347. The smallest absolute Gasteiger partial charge is 0.300 e. The second kappa shape index (κ2) is 4.51. The molecule has 0 saturated carbocycles. The lowest BCUT2D eigenvalue weighted by Gasteiger charge is -2.21.